The van der Waals surface area contributed by atoms with Crippen molar-refractivity contribution in [3.8, 4) is 5.75 Å². The Kier molecular flexibility index (Phi) is 3.84. The predicted molar refractivity (Wildman–Crippen MR) is 83.4 cm³/mol. The summed E-state index contributed by atoms with van der Waals surface area (Å²) in [5.41, 5.74) is 1.74. The van der Waals surface area contributed by atoms with E-state index >= 15 is 0 Å². The number of benzene rings is 2. The Balaban J connectivity index is 1.98. The van der Waals surface area contributed by atoms with E-state index in [1.165, 1.54) is 0 Å². The average molecular weight is 279 g/mol. The van der Waals surface area contributed by atoms with Crippen LogP contribution in [0.15, 0.2) is 60.9 Å². The van der Waals surface area contributed by atoms with Crippen LogP contribution in [-0.2, 0) is 0 Å². The summed E-state index contributed by atoms with van der Waals surface area (Å²) >= 11 is 0. The standard InChI is InChI=1S/C18H17NO2/c1-2-21-15-8-6-13(7-9-15)18(20)17-5-3-4-14-12-19-11-10-16(14)17/h3-12,18,20H,2H2,1H3. The summed E-state index contributed by atoms with van der Waals surface area (Å²) in [6.07, 6.45) is 2.90. The first-order valence-corrected chi connectivity index (χ1v) is 7.03. The molecule has 1 aromatic heterocycles. The number of fused-ring (bicyclic) bond motifs is 1. The summed E-state index contributed by atoms with van der Waals surface area (Å²) in [5.74, 6) is 0.815. The molecule has 0 spiro atoms. The lowest BCUT2D eigenvalue weighted by Gasteiger charge is -2.14. The Labute approximate surface area is 123 Å². The minimum Gasteiger partial charge on any atom is -0.494 e. The van der Waals surface area contributed by atoms with Gasteiger partial charge in [0.2, 0.25) is 0 Å². The molecular formula is C18H17NO2. The zero-order chi connectivity index (χ0) is 14.7. The molecule has 3 rings (SSSR count). The van der Waals surface area contributed by atoms with Gasteiger partial charge in [-0.1, -0.05) is 30.3 Å². The second kappa shape index (κ2) is 5.94. The van der Waals surface area contributed by atoms with Gasteiger partial charge in [-0.25, -0.2) is 0 Å². The third-order valence-corrected chi connectivity index (χ3v) is 3.52. The molecule has 1 heterocycles. The third kappa shape index (κ3) is 2.73. The van der Waals surface area contributed by atoms with Gasteiger partial charge in [-0.05, 0) is 41.6 Å². The number of aromatic nitrogens is 1. The summed E-state index contributed by atoms with van der Waals surface area (Å²) < 4.78 is 5.43. The van der Waals surface area contributed by atoms with Crippen LogP contribution in [-0.4, -0.2) is 16.7 Å². The number of pyridine rings is 1. The van der Waals surface area contributed by atoms with Crippen molar-refractivity contribution in [1.82, 2.24) is 4.98 Å². The van der Waals surface area contributed by atoms with E-state index in [1.807, 2.05) is 61.7 Å². The monoisotopic (exact) mass is 279 g/mol. The number of rotatable bonds is 4. The largest absolute Gasteiger partial charge is 0.494 e. The molecule has 0 saturated heterocycles. The maximum atomic E-state index is 10.6. The van der Waals surface area contributed by atoms with Crippen LogP contribution < -0.4 is 4.74 Å². The molecule has 1 unspecified atom stereocenters. The highest BCUT2D eigenvalue weighted by atomic mass is 16.5. The Bertz CT molecular complexity index is 732. The summed E-state index contributed by atoms with van der Waals surface area (Å²) in [7, 11) is 0. The fraction of sp³-hybridized carbons (Fsp3) is 0.167. The van der Waals surface area contributed by atoms with Crippen molar-refractivity contribution < 1.29 is 9.84 Å². The number of hydrogen-bond donors (Lipinski definition) is 1. The molecule has 1 N–H and O–H groups in total. The fourth-order valence-corrected chi connectivity index (χ4v) is 2.48. The van der Waals surface area contributed by atoms with Gasteiger partial charge in [0.05, 0.1) is 6.61 Å². The average Bonchev–Trinajstić information content (AvgIpc) is 2.55. The SMILES string of the molecule is CCOc1ccc(C(O)c2cccc3cnccc23)cc1. The first-order chi connectivity index (χ1) is 10.3. The van der Waals surface area contributed by atoms with E-state index in [4.69, 9.17) is 4.74 Å². The highest BCUT2D eigenvalue weighted by Gasteiger charge is 2.13. The maximum Gasteiger partial charge on any atom is 0.119 e. The molecule has 21 heavy (non-hydrogen) atoms. The van der Waals surface area contributed by atoms with E-state index in [0.717, 1.165) is 27.6 Å². The Morgan fingerprint density at radius 1 is 1.10 bits per heavy atom. The maximum absolute atomic E-state index is 10.6. The van der Waals surface area contributed by atoms with Crippen molar-refractivity contribution in [3.63, 3.8) is 0 Å². The van der Waals surface area contributed by atoms with Gasteiger partial charge in [0.1, 0.15) is 11.9 Å². The Hall–Kier alpha value is -2.39. The van der Waals surface area contributed by atoms with E-state index in [1.54, 1.807) is 6.20 Å². The summed E-state index contributed by atoms with van der Waals surface area (Å²) in [6.45, 7) is 2.59. The molecule has 3 aromatic rings. The van der Waals surface area contributed by atoms with E-state index in [-0.39, 0.29) is 0 Å². The lowest BCUT2D eigenvalue weighted by atomic mass is 9.97. The first-order valence-electron chi connectivity index (χ1n) is 7.03. The van der Waals surface area contributed by atoms with Crippen LogP contribution in [0.2, 0.25) is 0 Å². The van der Waals surface area contributed by atoms with E-state index < -0.39 is 6.10 Å². The van der Waals surface area contributed by atoms with Crippen LogP contribution in [0.25, 0.3) is 10.8 Å². The fourth-order valence-electron chi connectivity index (χ4n) is 2.48. The van der Waals surface area contributed by atoms with Gasteiger partial charge in [-0.15, -0.1) is 0 Å². The molecule has 0 aliphatic heterocycles. The van der Waals surface area contributed by atoms with Crippen LogP contribution in [0.5, 0.6) is 5.75 Å². The lowest BCUT2D eigenvalue weighted by Crippen LogP contribution is -2.01. The van der Waals surface area contributed by atoms with Gasteiger partial charge >= 0.3 is 0 Å². The molecule has 0 amide bonds. The van der Waals surface area contributed by atoms with Crippen molar-refractivity contribution in [2.45, 2.75) is 13.0 Å². The molecule has 0 bridgehead atoms. The van der Waals surface area contributed by atoms with Crippen LogP contribution in [0.1, 0.15) is 24.2 Å². The minimum atomic E-state index is -0.660. The summed E-state index contributed by atoms with van der Waals surface area (Å²) in [4.78, 5) is 4.12. The topological polar surface area (TPSA) is 42.4 Å². The number of ether oxygens (including phenoxy) is 1. The molecule has 3 heteroatoms. The molecule has 0 fully saturated rings. The molecule has 1 atom stereocenters. The Morgan fingerprint density at radius 2 is 1.90 bits per heavy atom. The lowest BCUT2D eigenvalue weighted by molar-refractivity contribution is 0.221. The molecule has 0 saturated carbocycles. The third-order valence-electron chi connectivity index (χ3n) is 3.52. The number of nitrogens with zero attached hydrogens (tertiary/aromatic N) is 1. The van der Waals surface area contributed by atoms with Crippen molar-refractivity contribution in [3.05, 3.63) is 72.1 Å². The van der Waals surface area contributed by atoms with Gasteiger partial charge in [-0.2, -0.15) is 0 Å². The highest BCUT2D eigenvalue weighted by molar-refractivity contribution is 5.85. The molecule has 2 aromatic carbocycles. The van der Waals surface area contributed by atoms with Crippen LogP contribution in [0, 0.1) is 0 Å². The van der Waals surface area contributed by atoms with Crippen LogP contribution >= 0.6 is 0 Å². The zero-order valence-electron chi connectivity index (χ0n) is 11.9. The van der Waals surface area contributed by atoms with E-state index in [2.05, 4.69) is 4.98 Å². The summed E-state index contributed by atoms with van der Waals surface area (Å²) in [6, 6.07) is 15.4. The van der Waals surface area contributed by atoms with Gasteiger partial charge in [-0.3, -0.25) is 4.98 Å². The van der Waals surface area contributed by atoms with Crippen molar-refractivity contribution in [2.75, 3.05) is 6.61 Å². The van der Waals surface area contributed by atoms with E-state index in [0.29, 0.717) is 6.61 Å². The number of hydrogen-bond acceptors (Lipinski definition) is 3. The number of aliphatic hydroxyl groups is 1. The predicted octanol–water partition coefficient (Wildman–Crippen LogP) is 3.72. The zero-order valence-corrected chi connectivity index (χ0v) is 11.9. The van der Waals surface area contributed by atoms with Crippen LogP contribution in [0.4, 0.5) is 0 Å². The van der Waals surface area contributed by atoms with Gasteiger partial charge in [0.15, 0.2) is 0 Å². The quantitative estimate of drug-likeness (QED) is 0.791. The molecule has 0 aliphatic carbocycles. The first kappa shape index (κ1) is 13.6. The second-order valence-corrected chi connectivity index (χ2v) is 4.85. The summed E-state index contributed by atoms with van der Waals surface area (Å²) in [5, 5.41) is 12.7. The molecule has 106 valence electrons. The minimum absolute atomic E-state index is 0.637. The molecule has 3 nitrogen and oxygen atoms in total. The second-order valence-electron chi connectivity index (χ2n) is 4.85. The van der Waals surface area contributed by atoms with E-state index in [9.17, 15) is 5.11 Å². The van der Waals surface area contributed by atoms with Crippen molar-refractivity contribution >= 4 is 10.8 Å². The van der Waals surface area contributed by atoms with Gasteiger partial charge < -0.3 is 9.84 Å². The normalized spacial score (nSPS) is 12.3. The van der Waals surface area contributed by atoms with Crippen molar-refractivity contribution in [2.24, 2.45) is 0 Å². The van der Waals surface area contributed by atoms with Crippen molar-refractivity contribution in [1.29, 1.82) is 0 Å². The molecule has 0 radical (unpaired) electrons. The van der Waals surface area contributed by atoms with Crippen LogP contribution in [0.3, 0.4) is 0 Å². The van der Waals surface area contributed by atoms with Gasteiger partial charge in [0, 0.05) is 17.8 Å². The smallest absolute Gasteiger partial charge is 0.119 e. The number of aliphatic hydroxyl groups excluding tert-OH is 1. The highest BCUT2D eigenvalue weighted by Crippen LogP contribution is 2.29. The Morgan fingerprint density at radius 3 is 2.67 bits per heavy atom. The molecule has 0 aliphatic rings. The molecular weight excluding hydrogens is 262 g/mol. The van der Waals surface area contributed by atoms with Gasteiger partial charge in [0.25, 0.3) is 0 Å².